The van der Waals surface area contributed by atoms with E-state index < -0.39 is 0 Å². The van der Waals surface area contributed by atoms with Crippen LogP contribution in [-0.2, 0) is 11.3 Å². The second kappa shape index (κ2) is 7.06. The quantitative estimate of drug-likeness (QED) is 0.812. The third-order valence-electron chi connectivity index (χ3n) is 3.62. The van der Waals surface area contributed by atoms with E-state index in [4.69, 9.17) is 9.72 Å². The Morgan fingerprint density at radius 1 is 1.55 bits per heavy atom. The summed E-state index contributed by atoms with van der Waals surface area (Å²) >= 11 is 1.67. The molecule has 2 rings (SSSR count). The van der Waals surface area contributed by atoms with E-state index in [2.05, 4.69) is 40.0 Å². The molecule has 2 aromatic rings. The lowest BCUT2D eigenvalue weighted by Crippen LogP contribution is -2.36. The molecule has 0 saturated carbocycles. The summed E-state index contributed by atoms with van der Waals surface area (Å²) in [5.41, 5.74) is 1.22. The largest absolute Gasteiger partial charge is 0.383 e. The number of rotatable bonds is 8. The van der Waals surface area contributed by atoms with Crippen molar-refractivity contribution in [3.8, 4) is 0 Å². The molecule has 6 heteroatoms. The third-order valence-corrected chi connectivity index (χ3v) is 4.37. The van der Waals surface area contributed by atoms with Gasteiger partial charge in [0, 0.05) is 37.8 Å². The van der Waals surface area contributed by atoms with Crippen molar-refractivity contribution in [2.24, 2.45) is 0 Å². The molecule has 2 heterocycles. The van der Waals surface area contributed by atoms with Gasteiger partial charge in [0.25, 0.3) is 0 Å². The zero-order valence-electron chi connectivity index (χ0n) is 12.7. The van der Waals surface area contributed by atoms with Crippen LogP contribution in [0.15, 0.2) is 11.6 Å². The van der Waals surface area contributed by atoms with Gasteiger partial charge in [-0.05, 0) is 20.4 Å². The SMILES string of the molecule is CCC(C)N(CCOC)c1nc2sccn2c1CNC. The topological polar surface area (TPSA) is 41.8 Å². The molecule has 0 aromatic carbocycles. The van der Waals surface area contributed by atoms with Crippen LogP contribution in [-0.4, -0.2) is 42.7 Å². The summed E-state index contributed by atoms with van der Waals surface area (Å²) in [6.45, 7) is 6.85. The normalized spacial score (nSPS) is 13.0. The van der Waals surface area contributed by atoms with Gasteiger partial charge in [0.2, 0.25) is 0 Å². The molecule has 0 bridgehead atoms. The number of thiazole rings is 1. The predicted octanol–water partition coefficient (Wildman–Crippen LogP) is 2.37. The van der Waals surface area contributed by atoms with Crippen LogP contribution >= 0.6 is 11.3 Å². The van der Waals surface area contributed by atoms with Crippen LogP contribution in [0.5, 0.6) is 0 Å². The van der Waals surface area contributed by atoms with Gasteiger partial charge in [0.1, 0.15) is 0 Å². The molecule has 5 nitrogen and oxygen atoms in total. The van der Waals surface area contributed by atoms with Gasteiger partial charge in [-0.1, -0.05) is 6.92 Å². The van der Waals surface area contributed by atoms with Crippen molar-refractivity contribution in [2.45, 2.75) is 32.9 Å². The first-order valence-electron chi connectivity index (χ1n) is 7.07. The van der Waals surface area contributed by atoms with Crippen LogP contribution < -0.4 is 10.2 Å². The van der Waals surface area contributed by atoms with E-state index in [1.807, 2.05) is 7.05 Å². The highest BCUT2D eigenvalue weighted by Crippen LogP contribution is 2.26. The Morgan fingerprint density at radius 3 is 3.00 bits per heavy atom. The van der Waals surface area contributed by atoms with Crippen LogP contribution in [0.4, 0.5) is 5.82 Å². The van der Waals surface area contributed by atoms with Gasteiger partial charge in [0.05, 0.1) is 12.3 Å². The van der Waals surface area contributed by atoms with E-state index in [9.17, 15) is 0 Å². The number of fused-ring (bicyclic) bond motifs is 1. The number of anilines is 1. The number of nitrogens with one attached hydrogen (secondary N) is 1. The van der Waals surface area contributed by atoms with Crippen LogP contribution in [0.25, 0.3) is 4.96 Å². The molecular formula is C14H24N4OS. The molecule has 20 heavy (non-hydrogen) atoms. The van der Waals surface area contributed by atoms with E-state index in [-0.39, 0.29) is 0 Å². The summed E-state index contributed by atoms with van der Waals surface area (Å²) in [5.74, 6) is 1.08. The average molecular weight is 296 g/mol. The average Bonchev–Trinajstić information content (AvgIpc) is 3.02. The van der Waals surface area contributed by atoms with Crippen molar-refractivity contribution >= 4 is 22.1 Å². The summed E-state index contributed by atoms with van der Waals surface area (Å²) in [4.78, 5) is 8.23. The molecule has 2 aromatic heterocycles. The second-order valence-electron chi connectivity index (χ2n) is 4.91. The highest BCUT2D eigenvalue weighted by molar-refractivity contribution is 7.15. The maximum absolute atomic E-state index is 5.25. The summed E-state index contributed by atoms with van der Waals surface area (Å²) in [7, 11) is 3.72. The first kappa shape index (κ1) is 15.3. The minimum atomic E-state index is 0.449. The van der Waals surface area contributed by atoms with E-state index in [0.717, 1.165) is 30.3 Å². The third kappa shape index (κ3) is 2.97. The summed E-state index contributed by atoms with van der Waals surface area (Å²) in [5, 5.41) is 5.32. The number of ether oxygens (including phenoxy) is 1. The van der Waals surface area contributed by atoms with Crippen molar-refractivity contribution in [1.29, 1.82) is 0 Å². The molecule has 0 aliphatic rings. The lowest BCUT2D eigenvalue weighted by molar-refractivity contribution is 0.203. The van der Waals surface area contributed by atoms with Crippen LogP contribution in [0, 0.1) is 0 Å². The Morgan fingerprint density at radius 2 is 2.35 bits per heavy atom. The number of nitrogens with zero attached hydrogens (tertiary/aromatic N) is 3. The number of aromatic nitrogens is 2. The Kier molecular flexibility index (Phi) is 5.39. The van der Waals surface area contributed by atoms with Crippen molar-refractivity contribution in [3.63, 3.8) is 0 Å². The van der Waals surface area contributed by atoms with E-state index in [1.54, 1.807) is 18.4 Å². The van der Waals surface area contributed by atoms with Gasteiger partial charge in [-0.15, -0.1) is 11.3 Å². The van der Waals surface area contributed by atoms with Gasteiger partial charge in [-0.25, -0.2) is 4.98 Å². The molecule has 0 fully saturated rings. The van der Waals surface area contributed by atoms with Crippen LogP contribution in [0.3, 0.4) is 0 Å². The summed E-state index contributed by atoms with van der Waals surface area (Å²) in [6, 6.07) is 0.449. The fraction of sp³-hybridized carbons (Fsp3) is 0.643. The van der Waals surface area contributed by atoms with Gasteiger partial charge in [-0.3, -0.25) is 4.40 Å². The molecule has 0 spiro atoms. The van der Waals surface area contributed by atoms with Crippen LogP contribution in [0.1, 0.15) is 26.0 Å². The molecule has 112 valence electrons. The molecule has 1 N–H and O–H groups in total. The minimum Gasteiger partial charge on any atom is -0.383 e. The number of hydrogen-bond donors (Lipinski definition) is 1. The van der Waals surface area contributed by atoms with Crippen molar-refractivity contribution in [3.05, 3.63) is 17.3 Å². The Labute approximate surface area is 124 Å². The molecular weight excluding hydrogens is 272 g/mol. The Hall–Kier alpha value is -1.11. The smallest absolute Gasteiger partial charge is 0.195 e. The Balaban J connectivity index is 2.39. The van der Waals surface area contributed by atoms with Crippen molar-refractivity contribution in [2.75, 3.05) is 32.2 Å². The van der Waals surface area contributed by atoms with Gasteiger partial charge in [-0.2, -0.15) is 0 Å². The fourth-order valence-corrected chi connectivity index (χ4v) is 3.06. The maximum Gasteiger partial charge on any atom is 0.195 e. The molecule has 1 unspecified atom stereocenters. The molecule has 0 aliphatic carbocycles. The van der Waals surface area contributed by atoms with E-state index >= 15 is 0 Å². The van der Waals surface area contributed by atoms with Crippen molar-refractivity contribution in [1.82, 2.24) is 14.7 Å². The highest BCUT2D eigenvalue weighted by atomic mass is 32.1. The Bertz CT molecular complexity index is 536. The molecule has 0 amide bonds. The minimum absolute atomic E-state index is 0.449. The van der Waals surface area contributed by atoms with Gasteiger partial charge >= 0.3 is 0 Å². The number of methoxy groups -OCH3 is 1. The zero-order chi connectivity index (χ0) is 14.5. The predicted molar refractivity (Wildman–Crippen MR) is 84.8 cm³/mol. The van der Waals surface area contributed by atoms with Crippen molar-refractivity contribution < 1.29 is 4.74 Å². The number of hydrogen-bond acceptors (Lipinski definition) is 5. The molecule has 0 saturated heterocycles. The summed E-state index contributed by atoms with van der Waals surface area (Å²) in [6.07, 6.45) is 3.18. The molecule has 1 atom stereocenters. The first-order valence-corrected chi connectivity index (χ1v) is 7.95. The second-order valence-corrected chi connectivity index (χ2v) is 5.78. The monoisotopic (exact) mass is 296 g/mol. The number of imidazole rings is 1. The summed E-state index contributed by atoms with van der Waals surface area (Å²) < 4.78 is 7.43. The first-order chi connectivity index (χ1) is 9.72. The standard InChI is InChI=1S/C14H24N4OS/c1-5-11(2)17(6-8-19-4)13-12(10-15-3)18-7-9-20-14(18)16-13/h7,9,11,15H,5-6,8,10H2,1-4H3. The lowest BCUT2D eigenvalue weighted by atomic mass is 10.2. The highest BCUT2D eigenvalue weighted by Gasteiger charge is 2.21. The lowest BCUT2D eigenvalue weighted by Gasteiger charge is -2.29. The van der Waals surface area contributed by atoms with Crippen LogP contribution in [0.2, 0.25) is 0 Å². The maximum atomic E-state index is 5.25. The molecule has 0 radical (unpaired) electrons. The van der Waals surface area contributed by atoms with E-state index in [1.165, 1.54) is 5.69 Å². The van der Waals surface area contributed by atoms with Gasteiger partial charge < -0.3 is 15.0 Å². The fourth-order valence-electron chi connectivity index (χ4n) is 2.33. The molecule has 0 aliphatic heterocycles. The van der Waals surface area contributed by atoms with Gasteiger partial charge in [0.15, 0.2) is 10.8 Å². The van der Waals surface area contributed by atoms with E-state index in [0.29, 0.717) is 12.6 Å². The zero-order valence-corrected chi connectivity index (χ0v) is 13.5.